The molecular formula is C26H32N2O5. The minimum absolute atomic E-state index is 0.279. The number of benzene rings is 2. The molecule has 2 aromatic carbocycles. The molecule has 3 rings (SSSR count). The first-order chi connectivity index (χ1) is 15.9. The van der Waals surface area contributed by atoms with Crippen molar-refractivity contribution in [2.75, 3.05) is 6.61 Å². The number of allylic oxidation sites excluding steroid dienone is 1. The lowest BCUT2D eigenvalue weighted by Gasteiger charge is -2.30. The third-order valence-corrected chi connectivity index (χ3v) is 5.05. The molecule has 7 heteroatoms. The fraction of sp³-hybridized carbons (Fsp3) is 0.385. The lowest BCUT2D eigenvalue weighted by atomic mass is 9.93. The molecular weight excluding hydrogens is 420 g/mol. The van der Waals surface area contributed by atoms with Crippen LogP contribution in [0.25, 0.3) is 0 Å². The van der Waals surface area contributed by atoms with Gasteiger partial charge in [-0.3, -0.25) is 0 Å². The summed E-state index contributed by atoms with van der Waals surface area (Å²) in [5, 5.41) is 5.65. The maximum absolute atomic E-state index is 13.0. The van der Waals surface area contributed by atoms with Crippen LogP contribution in [0.15, 0.2) is 59.8 Å². The number of urea groups is 1. The number of esters is 1. The van der Waals surface area contributed by atoms with E-state index in [1.54, 1.807) is 13.8 Å². The second kappa shape index (κ2) is 11.4. The summed E-state index contributed by atoms with van der Waals surface area (Å²) < 4.78 is 17.3. The molecule has 2 N–H and O–H groups in total. The van der Waals surface area contributed by atoms with Crippen LogP contribution in [0.5, 0.6) is 11.5 Å². The fourth-order valence-corrected chi connectivity index (χ4v) is 3.66. The monoisotopic (exact) mass is 452 g/mol. The molecule has 1 unspecified atom stereocenters. The molecule has 0 spiro atoms. The summed E-state index contributed by atoms with van der Waals surface area (Å²) in [4.78, 5) is 25.4. The Hall–Kier alpha value is -3.48. The number of amides is 2. The van der Waals surface area contributed by atoms with E-state index in [0.29, 0.717) is 48.0 Å². The minimum atomic E-state index is -0.658. The van der Waals surface area contributed by atoms with Crippen molar-refractivity contribution >= 4 is 12.0 Å². The Bertz CT molecular complexity index is 1000. The number of rotatable bonds is 10. The Morgan fingerprint density at radius 2 is 1.79 bits per heavy atom. The van der Waals surface area contributed by atoms with Crippen molar-refractivity contribution in [1.82, 2.24) is 10.6 Å². The van der Waals surface area contributed by atoms with Crippen LogP contribution in [0.2, 0.25) is 0 Å². The van der Waals surface area contributed by atoms with Gasteiger partial charge < -0.3 is 24.8 Å². The average Bonchev–Trinajstić information content (AvgIpc) is 2.78. The lowest BCUT2D eigenvalue weighted by molar-refractivity contribution is -0.143. The molecule has 1 aliphatic heterocycles. The average molecular weight is 453 g/mol. The number of carbonyl (C=O) groups excluding carboxylic acids is 2. The predicted molar refractivity (Wildman–Crippen MR) is 126 cm³/mol. The van der Waals surface area contributed by atoms with E-state index in [2.05, 4.69) is 10.6 Å². The molecule has 1 aliphatic rings. The van der Waals surface area contributed by atoms with Gasteiger partial charge in [-0.25, -0.2) is 9.59 Å². The SMILES string of the molecule is CCCC1=C(C(=O)OC(C)C)C(c2ccc(OCc3ccccc3)c(OCC)c2)NC(=O)N1. The second-order valence-electron chi connectivity index (χ2n) is 8.04. The van der Waals surface area contributed by atoms with Gasteiger partial charge in [-0.15, -0.1) is 0 Å². The van der Waals surface area contributed by atoms with Crippen molar-refractivity contribution < 1.29 is 23.8 Å². The largest absolute Gasteiger partial charge is 0.490 e. The van der Waals surface area contributed by atoms with Gasteiger partial charge in [0.2, 0.25) is 0 Å². The number of hydrogen-bond donors (Lipinski definition) is 2. The van der Waals surface area contributed by atoms with E-state index in [9.17, 15) is 9.59 Å². The zero-order valence-corrected chi connectivity index (χ0v) is 19.6. The number of nitrogens with one attached hydrogen (secondary N) is 2. The van der Waals surface area contributed by atoms with Gasteiger partial charge in [-0.2, -0.15) is 0 Å². The van der Waals surface area contributed by atoms with E-state index in [1.165, 1.54) is 0 Å². The Morgan fingerprint density at radius 1 is 1.03 bits per heavy atom. The van der Waals surface area contributed by atoms with Crippen molar-refractivity contribution in [1.29, 1.82) is 0 Å². The molecule has 0 saturated heterocycles. The normalized spacial score (nSPS) is 15.7. The van der Waals surface area contributed by atoms with Gasteiger partial charge in [0, 0.05) is 5.70 Å². The topological polar surface area (TPSA) is 85.9 Å². The quantitative estimate of drug-likeness (QED) is 0.494. The summed E-state index contributed by atoms with van der Waals surface area (Å²) >= 11 is 0. The van der Waals surface area contributed by atoms with Crippen LogP contribution >= 0.6 is 0 Å². The molecule has 33 heavy (non-hydrogen) atoms. The van der Waals surface area contributed by atoms with Gasteiger partial charge >= 0.3 is 12.0 Å². The highest BCUT2D eigenvalue weighted by atomic mass is 16.5. The van der Waals surface area contributed by atoms with Crippen molar-refractivity contribution in [2.45, 2.75) is 59.3 Å². The Kier molecular flexibility index (Phi) is 8.35. The van der Waals surface area contributed by atoms with Crippen LogP contribution < -0.4 is 20.1 Å². The molecule has 2 amide bonds. The van der Waals surface area contributed by atoms with Crippen LogP contribution in [0.3, 0.4) is 0 Å². The highest BCUT2D eigenvalue weighted by Crippen LogP contribution is 2.36. The summed E-state index contributed by atoms with van der Waals surface area (Å²) in [6.45, 7) is 8.33. The standard InChI is InChI=1S/C26H32N2O5/c1-5-10-20-23(25(29)33-17(3)4)24(28-26(30)27-20)19-13-14-21(22(15-19)31-6-2)32-16-18-11-8-7-9-12-18/h7-9,11-15,17,24H,5-6,10,16H2,1-4H3,(H2,27,28,30). The Morgan fingerprint density at radius 3 is 2.45 bits per heavy atom. The van der Waals surface area contributed by atoms with Crippen LogP contribution in [-0.4, -0.2) is 24.7 Å². The minimum Gasteiger partial charge on any atom is -0.490 e. The van der Waals surface area contributed by atoms with E-state index in [0.717, 1.165) is 12.0 Å². The van der Waals surface area contributed by atoms with Crippen LogP contribution in [0.1, 0.15) is 57.7 Å². The summed E-state index contributed by atoms with van der Waals surface area (Å²) in [5.41, 5.74) is 2.75. The first-order valence-corrected chi connectivity index (χ1v) is 11.4. The molecule has 7 nitrogen and oxygen atoms in total. The van der Waals surface area contributed by atoms with Crippen LogP contribution in [-0.2, 0) is 16.1 Å². The molecule has 0 fully saturated rings. The first-order valence-electron chi connectivity index (χ1n) is 11.4. The highest BCUT2D eigenvalue weighted by Gasteiger charge is 2.34. The third kappa shape index (κ3) is 6.28. The molecule has 1 atom stereocenters. The Balaban J connectivity index is 1.95. The molecule has 0 saturated carbocycles. The van der Waals surface area contributed by atoms with Gasteiger partial charge in [-0.1, -0.05) is 49.7 Å². The molecule has 0 aromatic heterocycles. The zero-order chi connectivity index (χ0) is 23.8. The van der Waals surface area contributed by atoms with Gasteiger partial charge in [0.15, 0.2) is 11.5 Å². The molecule has 176 valence electrons. The molecule has 0 aliphatic carbocycles. The zero-order valence-electron chi connectivity index (χ0n) is 19.6. The maximum Gasteiger partial charge on any atom is 0.338 e. The van der Waals surface area contributed by atoms with E-state index < -0.39 is 12.0 Å². The molecule has 0 radical (unpaired) electrons. The van der Waals surface area contributed by atoms with Gasteiger partial charge in [0.25, 0.3) is 0 Å². The second-order valence-corrected chi connectivity index (χ2v) is 8.04. The number of carbonyl (C=O) groups is 2. The van der Waals surface area contributed by atoms with E-state index in [1.807, 2.05) is 62.4 Å². The van der Waals surface area contributed by atoms with Gasteiger partial charge in [-0.05, 0) is 50.5 Å². The van der Waals surface area contributed by atoms with Crippen LogP contribution in [0.4, 0.5) is 4.79 Å². The molecule has 2 aromatic rings. The fourth-order valence-electron chi connectivity index (χ4n) is 3.66. The smallest absolute Gasteiger partial charge is 0.338 e. The lowest BCUT2D eigenvalue weighted by Crippen LogP contribution is -2.46. The van der Waals surface area contributed by atoms with E-state index >= 15 is 0 Å². The van der Waals surface area contributed by atoms with E-state index in [4.69, 9.17) is 14.2 Å². The summed E-state index contributed by atoms with van der Waals surface area (Å²) in [6.07, 6.45) is 1.05. The summed E-state index contributed by atoms with van der Waals surface area (Å²) in [5.74, 6) is 0.689. The van der Waals surface area contributed by atoms with Gasteiger partial charge in [0.1, 0.15) is 6.61 Å². The maximum atomic E-state index is 13.0. The first kappa shape index (κ1) is 24.2. The van der Waals surface area contributed by atoms with Gasteiger partial charge in [0.05, 0.1) is 24.3 Å². The van der Waals surface area contributed by atoms with E-state index in [-0.39, 0.29) is 12.1 Å². The third-order valence-electron chi connectivity index (χ3n) is 5.05. The molecule has 1 heterocycles. The van der Waals surface area contributed by atoms with Crippen molar-refractivity contribution in [3.63, 3.8) is 0 Å². The number of ether oxygens (including phenoxy) is 3. The van der Waals surface area contributed by atoms with Crippen molar-refractivity contribution in [2.24, 2.45) is 0 Å². The predicted octanol–water partition coefficient (Wildman–Crippen LogP) is 5.02. The number of hydrogen-bond acceptors (Lipinski definition) is 5. The summed E-state index contributed by atoms with van der Waals surface area (Å²) in [7, 11) is 0. The Labute approximate surface area is 195 Å². The summed E-state index contributed by atoms with van der Waals surface area (Å²) in [6, 6.07) is 14.3. The van der Waals surface area contributed by atoms with Crippen molar-refractivity contribution in [3.8, 4) is 11.5 Å². The van der Waals surface area contributed by atoms with Crippen LogP contribution in [0, 0.1) is 0 Å². The molecule has 0 bridgehead atoms. The van der Waals surface area contributed by atoms with Crippen molar-refractivity contribution in [3.05, 3.63) is 70.9 Å². The highest BCUT2D eigenvalue weighted by molar-refractivity contribution is 5.95.